The van der Waals surface area contributed by atoms with Crippen molar-refractivity contribution in [2.45, 2.75) is 25.8 Å². The van der Waals surface area contributed by atoms with Crippen LogP contribution in [0.3, 0.4) is 0 Å². The molecular formula is C11H13N3O4. The van der Waals surface area contributed by atoms with Crippen LogP contribution in [0.4, 0.5) is 11.5 Å². The van der Waals surface area contributed by atoms with Crippen LogP contribution >= 0.6 is 0 Å². The second-order valence-corrected chi connectivity index (χ2v) is 4.24. The van der Waals surface area contributed by atoms with Gasteiger partial charge in [-0.25, -0.2) is 9.78 Å². The van der Waals surface area contributed by atoms with Crippen molar-refractivity contribution in [1.29, 1.82) is 0 Å². The van der Waals surface area contributed by atoms with Crippen molar-refractivity contribution in [3.8, 4) is 0 Å². The van der Waals surface area contributed by atoms with Crippen LogP contribution < -0.4 is 4.90 Å². The van der Waals surface area contributed by atoms with E-state index >= 15 is 0 Å². The molecule has 1 aromatic rings. The molecule has 7 nitrogen and oxygen atoms in total. The smallest absolute Gasteiger partial charge is 0.326 e. The fourth-order valence-corrected chi connectivity index (χ4v) is 2.17. The highest BCUT2D eigenvalue weighted by Crippen LogP contribution is 2.31. The molecule has 0 saturated carbocycles. The summed E-state index contributed by atoms with van der Waals surface area (Å²) in [6, 6.07) is 2.19. The Bertz CT molecular complexity index is 503. The first kappa shape index (κ1) is 12.3. The summed E-state index contributed by atoms with van der Waals surface area (Å²) in [6.45, 7) is 2.20. The van der Waals surface area contributed by atoms with Gasteiger partial charge in [0.25, 0.3) is 0 Å². The Morgan fingerprint density at radius 3 is 2.94 bits per heavy atom. The average molecular weight is 251 g/mol. The summed E-state index contributed by atoms with van der Waals surface area (Å²) in [5.41, 5.74) is 0.486. The first-order chi connectivity index (χ1) is 8.50. The van der Waals surface area contributed by atoms with E-state index < -0.39 is 16.9 Å². The Balaban J connectivity index is 2.46. The highest BCUT2D eigenvalue weighted by Gasteiger charge is 2.35. The minimum absolute atomic E-state index is 0.145. The van der Waals surface area contributed by atoms with Gasteiger partial charge in [-0.1, -0.05) is 0 Å². The highest BCUT2D eigenvalue weighted by molar-refractivity contribution is 5.79. The number of carbonyl (C=O) groups is 1. The van der Waals surface area contributed by atoms with Gasteiger partial charge < -0.3 is 10.0 Å². The largest absolute Gasteiger partial charge is 0.480 e. The van der Waals surface area contributed by atoms with Gasteiger partial charge in [-0.15, -0.1) is 0 Å². The van der Waals surface area contributed by atoms with Crippen molar-refractivity contribution in [2.75, 3.05) is 11.4 Å². The number of nitrogens with zero attached hydrogens (tertiary/aromatic N) is 3. The van der Waals surface area contributed by atoms with Crippen molar-refractivity contribution in [2.24, 2.45) is 0 Å². The molecule has 0 aromatic carbocycles. The minimum atomic E-state index is -0.967. The van der Waals surface area contributed by atoms with Gasteiger partial charge in [0.05, 0.1) is 4.92 Å². The van der Waals surface area contributed by atoms with Gasteiger partial charge in [0.2, 0.25) is 5.82 Å². The van der Waals surface area contributed by atoms with Gasteiger partial charge in [-0.05, 0) is 25.8 Å². The number of pyridine rings is 1. The van der Waals surface area contributed by atoms with Gasteiger partial charge in [0.1, 0.15) is 6.04 Å². The van der Waals surface area contributed by atoms with Crippen molar-refractivity contribution < 1.29 is 14.8 Å². The van der Waals surface area contributed by atoms with E-state index in [4.69, 9.17) is 5.11 Å². The zero-order chi connectivity index (χ0) is 13.3. The number of aliphatic carboxylic acids is 1. The standard InChI is InChI=1S/C11H13N3O4/c1-7-4-5-8(14(17)18)10(12-7)13-6-2-3-9(13)11(15)16/h4-5,9H,2-3,6H2,1H3,(H,15,16). The zero-order valence-electron chi connectivity index (χ0n) is 9.87. The zero-order valence-corrected chi connectivity index (χ0v) is 9.87. The van der Waals surface area contributed by atoms with E-state index in [1.807, 2.05) is 0 Å². The first-order valence-corrected chi connectivity index (χ1v) is 5.62. The Labute approximate surface area is 103 Å². The van der Waals surface area contributed by atoms with Crippen LogP contribution in [0.1, 0.15) is 18.5 Å². The van der Waals surface area contributed by atoms with Gasteiger partial charge in [-0.3, -0.25) is 10.1 Å². The number of hydrogen-bond donors (Lipinski definition) is 1. The first-order valence-electron chi connectivity index (χ1n) is 5.62. The maximum atomic E-state index is 11.1. The fourth-order valence-electron chi connectivity index (χ4n) is 2.17. The summed E-state index contributed by atoms with van der Waals surface area (Å²) in [5, 5.41) is 20.1. The molecule has 1 aliphatic heterocycles. The predicted molar refractivity (Wildman–Crippen MR) is 63.6 cm³/mol. The number of aromatic nitrogens is 1. The van der Waals surface area contributed by atoms with E-state index in [2.05, 4.69) is 4.98 Å². The van der Waals surface area contributed by atoms with Crippen LogP contribution in [0.15, 0.2) is 12.1 Å². The molecule has 0 spiro atoms. The Hall–Kier alpha value is -2.18. The molecule has 96 valence electrons. The number of carboxylic acids is 1. The van der Waals surface area contributed by atoms with E-state index in [1.165, 1.54) is 11.0 Å². The summed E-state index contributed by atoms with van der Waals surface area (Å²) >= 11 is 0. The number of hydrogen-bond acceptors (Lipinski definition) is 5. The predicted octanol–water partition coefficient (Wildman–Crippen LogP) is 1.35. The fraction of sp³-hybridized carbons (Fsp3) is 0.455. The molecule has 7 heteroatoms. The van der Waals surface area contributed by atoms with Crippen molar-refractivity contribution in [3.05, 3.63) is 27.9 Å². The third-order valence-electron chi connectivity index (χ3n) is 3.00. The summed E-state index contributed by atoms with van der Waals surface area (Å²) in [5.74, 6) is -0.810. The summed E-state index contributed by atoms with van der Waals surface area (Å²) in [4.78, 5) is 27.2. The Morgan fingerprint density at radius 1 is 1.61 bits per heavy atom. The molecule has 18 heavy (non-hydrogen) atoms. The summed E-state index contributed by atoms with van der Waals surface area (Å²) in [7, 11) is 0. The molecule has 2 rings (SSSR count). The summed E-state index contributed by atoms with van der Waals surface area (Å²) < 4.78 is 0. The van der Waals surface area contributed by atoms with E-state index in [9.17, 15) is 14.9 Å². The lowest BCUT2D eigenvalue weighted by Crippen LogP contribution is -2.36. The second kappa shape index (κ2) is 4.59. The second-order valence-electron chi connectivity index (χ2n) is 4.24. The number of anilines is 1. The van der Waals surface area contributed by atoms with E-state index in [0.29, 0.717) is 25.1 Å². The summed E-state index contributed by atoms with van der Waals surface area (Å²) in [6.07, 6.45) is 1.19. The molecule has 1 fully saturated rings. The quantitative estimate of drug-likeness (QED) is 0.643. The topological polar surface area (TPSA) is 96.6 Å². The molecule has 1 unspecified atom stereocenters. The van der Waals surface area contributed by atoms with E-state index in [0.717, 1.165) is 0 Å². The van der Waals surface area contributed by atoms with Crippen LogP contribution in [0, 0.1) is 17.0 Å². The maximum Gasteiger partial charge on any atom is 0.326 e. The molecule has 0 bridgehead atoms. The average Bonchev–Trinajstić information content (AvgIpc) is 2.77. The number of aryl methyl sites for hydroxylation is 1. The molecular weight excluding hydrogens is 238 g/mol. The van der Waals surface area contributed by atoms with Gasteiger partial charge in [0, 0.05) is 18.3 Å². The van der Waals surface area contributed by atoms with Crippen molar-refractivity contribution >= 4 is 17.5 Å². The highest BCUT2D eigenvalue weighted by atomic mass is 16.6. The third kappa shape index (κ3) is 2.11. The van der Waals surface area contributed by atoms with Crippen LogP contribution in [0.2, 0.25) is 0 Å². The normalized spacial score (nSPS) is 18.9. The lowest BCUT2D eigenvalue weighted by atomic mass is 10.2. The SMILES string of the molecule is Cc1ccc([N+](=O)[O-])c(N2CCCC2C(=O)O)n1. The number of nitro groups is 1. The lowest BCUT2D eigenvalue weighted by Gasteiger charge is -2.22. The lowest BCUT2D eigenvalue weighted by molar-refractivity contribution is -0.384. The molecule has 2 heterocycles. The van der Waals surface area contributed by atoms with Crippen LogP contribution in [0.25, 0.3) is 0 Å². The van der Waals surface area contributed by atoms with Gasteiger partial charge in [0.15, 0.2) is 0 Å². The molecule has 1 N–H and O–H groups in total. The Kier molecular flexibility index (Phi) is 3.14. The molecule has 0 amide bonds. The molecule has 0 aliphatic carbocycles. The van der Waals surface area contributed by atoms with E-state index in [-0.39, 0.29) is 11.5 Å². The monoisotopic (exact) mass is 251 g/mol. The Morgan fingerprint density at radius 2 is 2.33 bits per heavy atom. The number of carboxylic acid groups (broad SMARTS) is 1. The van der Waals surface area contributed by atoms with Crippen molar-refractivity contribution in [3.63, 3.8) is 0 Å². The van der Waals surface area contributed by atoms with Crippen LogP contribution in [-0.2, 0) is 4.79 Å². The van der Waals surface area contributed by atoms with Crippen LogP contribution in [0.5, 0.6) is 0 Å². The molecule has 0 radical (unpaired) electrons. The third-order valence-corrected chi connectivity index (χ3v) is 3.00. The maximum absolute atomic E-state index is 11.1. The molecule has 1 aromatic heterocycles. The van der Waals surface area contributed by atoms with Gasteiger partial charge in [-0.2, -0.15) is 0 Å². The van der Waals surface area contributed by atoms with Crippen LogP contribution in [-0.4, -0.2) is 33.6 Å². The molecule has 1 aliphatic rings. The van der Waals surface area contributed by atoms with Crippen molar-refractivity contribution in [1.82, 2.24) is 4.98 Å². The van der Waals surface area contributed by atoms with E-state index in [1.54, 1.807) is 13.0 Å². The van der Waals surface area contributed by atoms with Gasteiger partial charge >= 0.3 is 11.7 Å². The molecule has 1 saturated heterocycles. The number of rotatable bonds is 3. The minimum Gasteiger partial charge on any atom is -0.480 e. The molecule has 1 atom stereocenters.